The summed E-state index contributed by atoms with van der Waals surface area (Å²) in [5.41, 5.74) is 4.04. The van der Waals surface area contributed by atoms with Gasteiger partial charge in [0.25, 0.3) is 0 Å². The maximum atomic E-state index is 8.20. The van der Waals surface area contributed by atoms with Crippen LogP contribution in [0.5, 0.6) is 0 Å². The van der Waals surface area contributed by atoms with Crippen molar-refractivity contribution in [1.82, 2.24) is 5.32 Å². The van der Waals surface area contributed by atoms with E-state index in [1.165, 1.54) is 0 Å². The Kier molecular flexibility index (Phi) is 4.82. The normalized spacial score (nSPS) is 11.1. The third-order valence-electron chi connectivity index (χ3n) is 3.75. The Morgan fingerprint density at radius 3 is 2.00 bits per heavy atom. The summed E-state index contributed by atoms with van der Waals surface area (Å²) in [5, 5.41) is 11.3. The smallest absolute Gasteiger partial charge is 0.154 e. The molecule has 0 atom stereocenters. The van der Waals surface area contributed by atoms with Crippen LogP contribution in [0.4, 0.5) is 0 Å². The third kappa shape index (κ3) is 3.58. The van der Waals surface area contributed by atoms with Gasteiger partial charge in [0.05, 0.1) is 0 Å². The number of nitrogens with zero attached hydrogens (tertiary/aromatic N) is 1. The molecular weight excluding hydrogens is 294 g/mol. The second kappa shape index (κ2) is 7.38. The quantitative estimate of drug-likeness (QED) is 0.548. The molecule has 118 valence electrons. The highest BCUT2D eigenvalue weighted by molar-refractivity contribution is 6.10. The lowest BCUT2D eigenvalue weighted by Crippen LogP contribution is -2.21. The second-order valence-corrected chi connectivity index (χ2v) is 5.37. The summed E-state index contributed by atoms with van der Waals surface area (Å²) in [6, 6.07) is 27.9. The molecule has 3 rings (SSSR count). The van der Waals surface area contributed by atoms with Crippen molar-refractivity contribution in [2.24, 2.45) is 4.99 Å². The molecule has 0 radical (unpaired) electrons. The van der Waals surface area contributed by atoms with Crippen molar-refractivity contribution in [3.8, 4) is 11.1 Å². The minimum Gasteiger partial charge on any atom is -0.373 e. The summed E-state index contributed by atoms with van der Waals surface area (Å²) in [7, 11) is 1.83. The molecule has 0 saturated carbocycles. The molecule has 0 unspecified atom stereocenters. The molecule has 0 spiro atoms. The summed E-state index contributed by atoms with van der Waals surface area (Å²) < 4.78 is 0. The van der Waals surface area contributed by atoms with Gasteiger partial charge in [0.2, 0.25) is 0 Å². The summed E-state index contributed by atoms with van der Waals surface area (Å²) in [5.74, 6) is 0.923. The van der Waals surface area contributed by atoms with Crippen LogP contribution < -0.4 is 5.32 Å². The van der Waals surface area contributed by atoms with E-state index in [2.05, 4.69) is 34.6 Å². The molecule has 0 aliphatic rings. The maximum Gasteiger partial charge on any atom is 0.154 e. The Bertz CT molecular complexity index is 853. The zero-order valence-corrected chi connectivity index (χ0v) is 13.5. The fourth-order valence-corrected chi connectivity index (χ4v) is 2.51. The first-order chi connectivity index (χ1) is 11.8. The van der Waals surface area contributed by atoms with Crippen molar-refractivity contribution in [3.05, 3.63) is 96.1 Å². The van der Waals surface area contributed by atoms with E-state index in [1.54, 1.807) is 0 Å². The lowest BCUT2D eigenvalue weighted by atomic mass is 10.0. The highest BCUT2D eigenvalue weighted by Gasteiger charge is 2.06. The van der Waals surface area contributed by atoms with Crippen molar-refractivity contribution < 1.29 is 0 Å². The molecule has 0 fully saturated rings. The minimum atomic E-state index is 0.241. The predicted octanol–water partition coefficient (Wildman–Crippen LogP) is 4.35. The van der Waals surface area contributed by atoms with E-state index in [-0.39, 0.29) is 5.84 Å². The van der Waals surface area contributed by atoms with Crippen molar-refractivity contribution in [3.63, 3.8) is 0 Å². The average Bonchev–Trinajstić information content (AvgIpc) is 2.67. The van der Waals surface area contributed by atoms with Crippen LogP contribution in [0, 0.1) is 5.41 Å². The zero-order chi connectivity index (χ0) is 16.8. The summed E-state index contributed by atoms with van der Waals surface area (Å²) in [6.45, 7) is 0. The third-order valence-corrected chi connectivity index (χ3v) is 3.75. The Hall–Kier alpha value is -3.20. The number of hydrogen-bond acceptors (Lipinski definition) is 1. The first kappa shape index (κ1) is 15.7. The molecular formula is C21H19N3. The summed E-state index contributed by atoms with van der Waals surface area (Å²) in [6.07, 6.45) is 0. The van der Waals surface area contributed by atoms with Crippen molar-refractivity contribution in [1.29, 1.82) is 5.41 Å². The molecule has 3 aromatic carbocycles. The predicted molar refractivity (Wildman–Crippen MR) is 101 cm³/mol. The van der Waals surface area contributed by atoms with E-state index in [0.29, 0.717) is 5.84 Å². The topological polar surface area (TPSA) is 48.2 Å². The lowest BCUT2D eigenvalue weighted by molar-refractivity contribution is 1.16. The Morgan fingerprint density at radius 2 is 1.33 bits per heavy atom. The minimum absolute atomic E-state index is 0.241. The van der Waals surface area contributed by atoms with Crippen LogP contribution >= 0.6 is 0 Å². The van der Waals surface area contributed by atoms with Gasteiger partial charge in [-0.25, -0.2) is 4.99 Å². The molecule has 0 aliphatic carbocycles. The lowest BCUT2D eigenvalue weighted by Gasteiger charge is -2.09. The molecule has 3 heteroatoms. The van der Waals surface area contributed by atoms with E-state index in [0.717, 1.165) is 22.3 Å². The molecule has 0 aliphatic heterocycles. The first-order valence-electron chi connectivity index (χ1n) is 7.84. The van der Waals surface area contributed by atoms with Crippen LogP contribution in [0.15, 0.2) is 89.9 Å². The van der Waals surface area contributed by atoms with Crippen molar-refractivity contribution in [2.75, 3.05) is 7.05 Å². The van der Waals surface area contributed by atoms with Crippen molar-refractivity contribution in [2.45, 2.75) is 0 Å². The maximum absolute atomic E-state index is 8.20. The van der Waals surface area contributed by atoms with E-state index < -0.39 is 0 Å². The van der Waals surface area contributed by atoms with Gasteiger partial charge in [-0.3, -0.25) is 5.41 Å². The highest BCUT2D eigenvalue weighted by Crippen LogP contribution is 2.20. The second-order valence-electron chi connectivity index (χ2n) is 5.37. The van der Waals surface area contributed by atoms with Gasteiger partial charge in [-0.15, -0.1) is 0 Å². The number of rotatable bonds is 3. The molecule has 0 amide bonds. The molecule has 3 nitrogen and oxygen atoms in total. The van der Waals surface area contributed by atoms with Gasteiger partial charge in [0.15, 0.2) is 5.84 Å². The Balaban J connectivity index is 1.94. The number of amidine groups is 2. The molecule has 3 aromatic rings. The van der Waals surface area contributed by atoms with E-state index in [9.17, 15) is 0 Å². The zero-order valence-electron chi connectivity index (χ0n) is 13.5. The number of hydrogen-bond donors (Lipinski definition) is 2. The molecule has 24 heavy (non-hydrogen) atoms. The monoisotopic (exact) mass is 313 g/mol. The van der Waals surface area contributed by atoms with Crippen LogP contribution in [0.25, 0.3) is 11.1 Å². The van der Waals surface area contributed by atoms with Gasteiger partial charge in [0.1, 0.15) is 5.84 Å². The molecule has 0 heterocycles. The van der Waals surface area contributed by atoms with Gasteiger partial charge in [-0.2, -0.15) is 0 Å². The van der Waals surface area contributed by atoms with Crippen LogP contribution in [-0.2, 0) is 0 Å². The fraction of sp³-hybridized carbons (Fsp3) is 0.0476. The Morgan fingerprint density at radius 1 is 0.750 bits per heavy atom. The molecule has 0 bridgehead atoms. The largest absolute Gasteiger partial charge is 0.373 e. The van der Waals surface area contributed by atoms with Crippen LogP contribution in [0.2, 0.25) is 0 Å². The molecule has 0 saturated heterocycles. The molecule has 2 N–H and O–H groups in total. The summed E-state index contributed by atoms with van der Waals surface area (Å²) in [4.78, 5) is 4.46. The van der Waals surface area contributed by atoms with Gasteiger partial charge in [-0.05, 0) is 17.2 Å². The number of aliphatic imine (C=N–C) groups is 1. The highest BCUT2D eigenvalue weighted by atomic mass is 15.0. The van der Waals surface area contributed by atoms with Gasteiger partial charge in [-0.1, -0.05) is 78.9 Å². The van der Waals surface area contributed by atoms with Crippen LogP contribution in [0.1, 0.15) is 11.1 Å². The van der Waals surface area contributed by atoms with E-state index >= 15 is 0 Å². The Labute approximate surface area is 142 Å². The SMILES string of the molecule is CN/C(=N\C(=N)c1ccccc1)c1cccc(-c2ccccc2)c1. The van der Waals surface area contributed by atoms with Gasteiger partial charge >= 0.3 is 0 Å². The van der Waals surface area contributed by atoms with Gasteiger partial charge < -0.3 is 5.32 Å². The van der Waals surface area contributed by atoms with Crippen LogP contribution in [0.3, 0.4) is 0 Å². The van der Waals surface area contributed by atoms with E-state index in [4.69, 9.17) is 5.41 Å². The van der Waals surface area contributed by atoms with Gasteiger partial charge in [0, 0.05) is 18.2 Å². The van der Waals surface area contributed by atoms with Crippen molar-refractivity contribution >= 4 is 11.7 Å². The van der Waals surface area contributed by atoms with Crippen LogP contribution in [-0.4, -0.2) is 18.7 Å². The molecule has 0 aromatic heterocycles. The standard InChI is InChI=1S/C21H19N3/c1-23-21(24-20(22)17-11-6-3-7-12-17)19-14-8-13-18(15-19)16-9-4-2-5-10-16/h2-15H,1H3,(H2,22,23,24). The average molecular weight is 313 g/mol. The number of nitrogens with one attached hydrogen (secondary N) is 2. The fourth-order valence-electron chi connectivity index (χ4n) is 2.51. The first-order valence-corrected chi connectivity index (χ1v) is 7.84. The number of benzene rings is 3. The van der Waals surface area contributed by atoms with E-state index in [1.807, 2.05) is 67.7 Å². The summed E-state index contributed by atoms with van der Waals surface area (Å²) >= 11 is 0.